The standard InChI is InChI=1S/C25H28N2O2/c1-17(28)27-16-25(11-5-2-6-12-25)22-15-20(9-10-23(22)27)24(29)26-21-13-18-7-3-4-8-19(18)14-21/h3-4,7-10,15,21H,2,5-6,11-14,16H2,1H3,(H,26,29). The fourth-order valence-corrected chi connectivity index (χ4v) is 5.68. The lowest BCUT2D eigenvalue weighted by atomic mass is 9.70. The van der Waals surface area contributed by atoms with Gasteiger partial charge >= 0.3 is 0 Å². The third-order valence-corrected chi connectivity index (χ3v) is 7.16. The van der Waals surface area contributed by atoms with E-state index < -0.39 is 0 Å². The number of benzene rings is 2. The van der Waals surface area contributed by atoms with Crippen molar-refractivity contribution < 1.29 is 9.59 Å². The minimum Gasteiger partial charge on any atom is -0.349 e. The average Bonchev–Trinajstić information content (AvgIpc) is 3.27. The smallest absolute Gasteiger partial charge is 0.251 e. The van der Waals surface area contributed by atoms with Gasteiger partial charge in [0.2, 0.25) is 5.91 Å². The number of carbonyl (C=O) groups excluding carboxylic acids is 2. The summed E-state index contributed by atoms with van der Waals surface area (Å²) in [5.41, 5.74) is 5.63. The Balaban J connectivity index is 1.40. The number of amides is 2. The number of fused-ring (bicyclic) bond motifs is 3. The van der Waals surface area contributed by atoms with Gasteiger partial charge in [0.05, 0.1) is 0 Å². The molecule has 2 aliphatic carbocycles. The lowest BCUT2D eigenvalue weighted by molar-refractivity contribution is -0.116. The molecule has 4 heteroatoms. The van der Waals surface area contributed by atoms with Crippen molar-refractivity contribution in [2.24, 2.45) is 0 Å². The lowest BCUT2D eigenvalue weighted by Gasteiger charge is -2.34. The van der Waals surface area contributed by atoms with Crippen molar-refractivity contribution in [3.63, 3.8) is 0 Å². The first-order valence-corrected chi connectivity index (χ1v) is 10.9. The van der Waals surface area contributed by atoms with Crippen LogP contribution < -0.4 is 10.2 Å². The summed E-state index contributed by atoms with van der Waals surface area (Å²) in [6.07, 6.45) is 7.66. The summed E-state index contributed by atoms with van der Waals surface area (Å²) in [6.45, 7) is 2.41. The van der Waals surface area contributed by atoms with E-state index in [0.717, 1.165) is 43.5 Å². The number of hydrogen-bond acceptors (Lipinski definition) is 2. The second-order valence-corrected chi connectivity index (χ2v) is 9.03. The Kier molecular flexibility index (Phi) is 4.45. The molecule has 0 radical (unpaired) electrons. The van der Waals surface area contributed by atoms with Gasteiger partial charge in [-0.15, -0.1) is 0 Å². The van der Waals surface area contributed by atoms with E-state index >= 15 is 0 Å². The van der Waals surface area contributed by atoms with Gasteiger partial charge in [0.1, 0.15) is 0 Å². The van der Waals surface area contributed by atoms with Gasteiger partial charge in [0.25, 0.3) is 5.91 Å². The largest absolute Gasteiger partial charge is 0.349 e. The van der Waals surface area contributed by atoms with Crippen molar-refractivity contribution in [3.8, 4) is 0 Å². The number of anilines is 1. The molecule has 29 heavy (non-hydrogen) atoms. The highest BCUT2D eigenvalue weighted by molar-refractivity contribution is 5.98. The van der Waals surface area contributed by atoms with Crippen LogP contribution in [0.5, 0.6) is 0 Å². The predicted molar refractivity (Wildman–Crippen MR) is 114 cm³/mol. The van der Waals surface area contributed by atoms with Crippen LogP contribution in [0, 0.1) is 0 Å². The molecule has 2 aromatic rings. The number of nitrogens with zero attached hydrogens (tertiary/aromatic N) is 1. The van der Waals surface area contributed by atoms with Crippen molar-refractivity contribution in [1.82, 2.24) is 5.32 Å². The molecule has 4 nitrogen and oxygen atoms in total. The van der Waals surface area contributed by atoms with Crippen LogP contribution in [-0.4, -0.2) is 24.4 Å². The molecular formula is C25H28N2O2. The summed E-state index contributed by atoms with van der Waals surface area (Å²) < 4.78 is 0. The van der Waals surface area contributed by atoms with Gasteiger partial charge in [-0.05, 0) is 60.6 Å². The van der Waals surface area contributed by atoms with E-state index in [1.54, 1.807) is 6.92 Å². The van der Waals surface area contributed by atoms with E-state index in [1.165, 1.54) is 36.0 Å². The summed E-state index contributed by atoms with van der Waals surface area (Å²) >= 11 is 0. The molecule has 1 heterocycles. The minimum atomic E-state index is -0.00200. The molecule has 150 valence electrons. The second kappa shape index (κ2) is 7.01. The van der Waals surface area contributed by atoms with Gasteiger partial charge < -0.3 is 10.2 Å². The maximum atomic E-state index is 13.0. The molecule has 0 atom stereocenters. The Bertz CT molecular complexity index is 950. The molecule has 2 amide bonds. The fraction of sp³-hybridized carbons (Fsp3) is 0.440. The van der Waals surface area contributed by atoms with Crippen LogP contribution in [0.1, 0.15) is 66.1 Å². The number of nitrogens with one attached hydrogen (secondary N) is 1. The Morgan fingerprint density at radius 1 is 1.00 bits per heavy atom. The minimum absolute atomic E-state index is 0.00200. The number of rotatable bonds is 2. The Morgan fingerprint density at radius 2 is 1.69 bits per heavy atom. The molecule has 5 rings (SSSR count). The quantitative estimate of drug-likeness (QED) is 0.840. The van der Waals surface area contributed by atoms with Gasteiger partial charge in [-0.2, -0.15) is 0 Å². The molecule has 3 aliphatic rings. The van der Waals surface area contributed by atoms with Crippen molar-refractivity contribution >= 4 is 17.5 Å². The number of carbonyl (C=O) groups is 2. The molecule has 0 aromatic heterocycles. The first-order chi connectivity index (χ1) is 14.1. The third kappa shape index (κ3) is 3.15. The lowest BCUT2D eigenvalue weighted by Crippen LogP contribution is -2.37. The van der Waals surface area contributed by atoms with E-state index in [4.69, 9.17) is 0 Å². The highest BCUT2D eigenvalue weighted by Crippen LogP contribution is 2.49. The summed E-state index contributed by atoms with van der Waals surface area (Å²) in [6, 6.07) is 14.5. The molecular weight excluding hydrogens is 360 g/mol. The van der Waals surface area contributed by atoms with Crippen LogP contribution in [-0.2, 0) is 23.1 Å². The van der Waals surface area contributed by atoms with Gasteiger partial charge in [-0.1, -0.05) is 43.5 Å². The fourth-order valence-electron chi connectivity index (χ4n) is 5.68. The summed E-state index contributed by atoms with van der Waals surface area (Å²) in [5.74, 6) is 0.0902. The van der Waals surface area contributed by atoms with Crippen LogP contribution in [0.2, 0.25) is 0 Å². The first-order valence-electron chi connectivity index (χ1n) is 10.9. The normalized spacial score (nSPS) is 19.8. The molecule has 1 spiro atoms. The Morgan fingerprint density at radius 3 is 2.34 bits per heavy atom. The summed E-state index contributed by atoms with van der Waals surface area (Å²) in [7, 11) is 0. The second-order valence-electron chi connectivity index (χ2n) is 9.03. The molecule has 0 bridgehead atoms. The van der Waals surface area contributed by atoms with E-state index in [2.05, 4.69) is 35.6 Å². The van der Waals surface area contributed by atoms with Crippen LogP contribution in [0.4, 0.5) is 5.69 Å². The zero-order valence-corrected chi connectivity index (χ0v) is 17.0. The predicted octanol–water partition coefficient (Wildman–Crippen LogP) is 4.15. The van der Waals surface area contributed by atoms with Gasteiger partial charge in [-0.3, -0.25) is 9.59 Å². The van der Waals surface area contributed by atoms with Crippen molar-refractivity contribution in [3.05, 3.63) is 64.7 Å². The summed E-state index contributed by atoms with van der Waals surface area (Å²) in [5, 5.41) is 3.24. The first kappa shape index (κ1) is 18.4. The van der Waals surface area contributed by atoms with Gasteiger partial charge in [0.15, 0.2) is 0 Å². The summed E-state index contributed by atoms with van der Waals surface area (Å²) in [4.78, 5) is 27.2. The van der Waals surface area contributed by atoms with Gasteiger partial charge in [0, 0.05) is 36.2 Å². The highest BCUT2D eigenvalue weighted by Gasteiger charge is 2.44. The van der Waals surface area contributed by atoms with Crippen molar-refractivity contribution in [2.75, 3.05) is 11.4 Å². The highest BCUT2D eigenvalue weighted by atomic mass is 16.2. The third-order valence-electron chi connectivity index (χ3n) is 7.16. The monoisotopic (exact) mass is 388 g/mol. The van der Waals surface area contributed by atoms with Crippen molar-refractivity contribution in [2.45, 2.75) is 63.3 Å². The Labute approximate surface area is 172 Å². The van der Waals surface area contributed by atoms with Crippen LogP contribution in [0.25, 0.3) is 0 Å². The molecule has 0 saturated heterocycles. The maximum absolute atomic E-state index is 13.0. The average molecular weight is 389 g/mol. The molecule has 2 aromatic carbocycles. The molecule has 1 N–H and O–H groups in total. The molecule has 1 aliphatic heterocycles. The van der Waals surface area contributed by atoms with Crippen LogP contribution >= 0.6 is 0 Å². The van der Waals surface area contributed by atoms with Gasteiger partial charge in [-0.25, -0.2) is 0 Å². The zero-order valence-electron chi connectivity index (χ0n) is 17.0. The van der Waals surface area contributed by atoms with E-state index in [9.17, 15) is 9.59 Å². The van der Waals surface area contributed by atoms with Crippen LogP contribution in [0.15, 0.2) is 42.5 Å². The molecule has 1 saturated carbocycles. The molecule has 1 fully saturated rings. The SMILES string of the molecule is CC(=O)N1CC2(CCCCC2)c2cc(C(=O)NC3Cc4ccccc4C3)ccc21. The molecule has 0 unspecified atom stereocenters. The van der Waals surface area contributed by atoms with Crippen molar-refractivity contribution in [1.29, 1.82) is 0 Å². The maximum Gasteiger partial charge on any atom is 0.251 e. The van der Waals surface area contributed by atoms with Crippen LogP contribution in [0.3, 0.4) is 0 Å². The Hall–Kier alpha value is -2.62. The number of hydrogen-bond donors (Lipinski definition) is 1. The van der Waals surface area contributed by atoms with E-state index in [-0.39, 0.29) is 23.3 Å². The van der Waals surface area contributed by atoms with E-state index in [0.29, 0.717) is 0 Å². The zero-order chi connectivity index (χ0) is 20.0. The topological polar surface area (TPSA) is 49.4 Å². The van der Waals surface area contributed by atoms with E-state index in [1.807, 2.05) is 17.0 Å².